The second kappa shape index (κ2) is 10.4. The summed E-state index contributed by atoms with van der Waals surface area (Å²) in [6, 6.07) is 10.9. The Kier molecular flexibility index (Phi) is 6.75. The number of thiophene rings is 2. The van der Waals surface area contributed by atoms with Crippen molar-refractivity contribution in [2.75, 3.05) is 7.11 Å². The molecule has 0 bridgehead atoms. The SMILES string of the molecule is COc1cc([C@H]2C3=CC[C@@H]4C(=O)N(Cc5cccs5)C(=O)[C@@H]4[C@@H]3C[C@H]3C(=O)N(Cc4cccs4)C(=O)[C@@H]23)cc(Cl)c1O. The minimum atomic E-state index is -0.698. The number of phenolic OH excluding ortho intramolecular Hbond substituents is 1. The third-order valence-corrected chi connectivity index (χ3v) is 11.3. The number of carbonyl (C=O) groups excluding carboxylic acids is 4. The quantitative estimate of drug-likeness (QED) is 0.299. The number of rotatable bonds is 6. The lowest BCUT2D eigenvalue weighted by Crippen LogP contribution is -2.43. The van der Waals surface area contributed by atoms with Crippen LogP contribution in [0.1, 0.15) is 34.1 Å². The van der Waals surface area contributed by atoms with E-state index in [2.05, 4.69) is 0 Å². The topological polar surface area (TPSA) is 104 Å². The first-order valence-electron chi connectivity index (χ1n) is 13.8. The van der Waals surface area contributed by atoms with E-state index in [1.54, 1.807) is 12.1 Å². The summed E-state index contributed by atoms with van der Waals surface area (Å²) in [6.45, 7) is 0.424. The number of aromatic hydroxyl groups is 1. The number of hydrogen-bond acceptors (Lipinski definition) is 8. The van der Waals surface area contributed by atoms with E-state index >= 15 is 0 Å². The number of nitrogens with zero attached hydrogens (tertiary/aromatic N) is 2. The van der Waals surface area contributed by atoms with Crippen LogP contribution < -0.4 is 4.74 Å². The molecule has 4 aliphatic rings. The fraction of sp³-hybridized carbons (Fsp3) is 0.355. The largest absolute Gasteiger partial charge is 0.503 e. The molecule has 4 amide bonds. The van der Waals surface area contributed by atoms with Crippen LogP contribution in [-0.2, 0) is 32.3 Å². The van der Waals surface area contributed by atoms with E-state index in [-0.39, 0.29) is 53.2 Å². The molecule has 0 unspecified atom stereocenters. The summed E-state index contributed by atoms with van der Waals surface area (Å²) in [6.07, 6.45) is 2.69. The van der Waals surface area contributed by atoms with Crippen molar-refractivity contribution in [2.45, 2.75) is 31.8 Å². The number of allylic oxidation sites excluding steroid dienone is 2. The molecule has 11 heteroatoms. The van der Waals surface area contributed by atoms with Gasteiger partial charge in [-0.1, -0.05) is 35.4 Å². The summed E-state index contributed by atoms with van der Waals surface area (Å²) in [4.78, 5) is 60.0. The molecule has 2 saturated heterocycles. The number of amides is 4. The van der Waals surface area contributed by atoms with Gasteiger partial charge in [0.25, 0.3) is 0 Å². The van der Waals surface area contributed by atoms with Crippen LogP contribution in [0.4, 0.5) is 0 Å². The van der Waals surface area contributed by atoms with Crippen molar-refractivity contribution in [3.05, 3.63) is 79.1 Å². The van der Waals surface area contributed by atoms with E-state index in [9.17, 15) is 24.3 Å². The zero-order valence-corrected chi connectivity index (χ0v) is 25.0. The average Bonchev–Trinajstić information content (AvgIpc) is 3.78. The number of imide groups is 2. The van der Waals surface area contributed by atoms with Crippen LogP contribution in [0.5, 0.6) is 11.5 Å². The highest BCUT2D eigenvalue weighted by molar-refractivity contribution is 7.10. The van der Waals surface area contributed by atoms with E-state index in [0.29, 0.717) is 18.4 Å². The molecule has 1 N–H and O–H groups in total. The van der Waals surface area contributed by atoms with E-state index in [1.165, 1.54) is 39.6 Å². The Morgan fingerprint density at radius 2 is 1.50 bits per heavy atom. The molecular formula is C31H27ClN2O6S2. The van der Waals surface area contributed by atoms with Crippen molar-refractivity contribution in [3.8, 4) is 11.5 Å². The van der Waals surface area contributed by atoms with Gasteiger partial charge in [0.05, 0.1) is 48.9 Å². The number of likely N-dealkylation sites (tertiary alicyclic amines) is 2. The Morgan fingerprint density at radius 3 is 2.10 bits per heavy atom. The lowest BCUT2D eigenvalue weighted by molar-refractivity contribution is -0.142. The highest BCUT2D eigenvalue weighted by atomic mass is 35.5. The molecule has 3 aromatic rings. The van der Waals surface area contributed by atoms with Crippen LogP contribution in [0, 0.1) is 29.6 Å². The van der Waals surface area contributed by atoms with Crippen molar-refractivity contribution in [3.63, 3.8) is 0 Å². The standard InChI is InChI=1S/C31H27ClN2O6S2/c1-40-23-11-15(10-22(32)27(23)35)24-18-6-7-19-25(30(38)33(28(19)36)13-16-4-2-8-41-16)20(18)12-21-26(24)31(39)34(29(21)37)14-17-5-3-9-42-17/h2-6,8-11,19-21,24-26,35H,7,12-14H2,1H3/t19-,20+,21+,24-,25-,26+/m0/s1. The van der Waals surface area contributed by atoms with Gasteiger partial charge in [0.15, 0.2) is 11.5 Å². The van der Waals surface area contributed by atoms with Crippen LogP contribution in [0.15, 0.2) is 58.8 Å². The molecular weight excluding hydrogens is 596 g/mol. The highest BCUT2D eigenvalue weighted by Crippen LogP contribution is 2.59. The molecule has 42 heavy (non-hydrogen) atoms. The molecule has 1 aromatic carbocycles. The zero-order valence-electron chi connectivity index (χ0n) is 22.6. The van der Waals surface area contributed by atoms with Gasteiger partial charge in [0, 0.05) is 15.7 Å². The first-order chi connectivity index (χ1) is 20.3. The van der Waals surface area contributed by atoms with Gasteiger partial charge in [-0.3, -0.25) is 29.0 Å². The predicted molar refractivity (Wildman–Crippen MR) is 157 cm³/mol. The first-order valence-corrected chi connectivity index (χ1v) is 15.9. The maximum atomic E-state index is 14.1. The second-order valence-electron chi connectivity index (χ2n) is 11.3. The molecule has 2 aliphatic carbocycles. The van der Waals surface area contributed by atoms with Crippen molar-refractivity contribution >= 4 is 57.9 Å². The maximum absolute atomic E-state index is 14.1. The first kappa shape index (κ1) is 27.4. The third-order valence-electron chi connectivity index (χ3n) is 9.25. The summed E-state index contributed by atoms with van der Waals surface area (Å²) in [5.41, 5.74) is 1.50. The highest BCUT2D eigenvalue weighted by Gasteiger charge is 2.62. The molecule has 2 aliphatic heterocycles. The third kappa shape index (κ3) is 4.14. The average molecular weight is 623 g/mol. The Bertz CT molecular complexity index is 1630. The van der Waals surface area contributed by atoms with E-state index in [1.807, 2.05) is 41.1 Å². The van der Waals surface area contributed by atoms with Crippen LogP contribution in [0.25, 0.3) is 0 Å². The summed E-state index contributed by atoms with van der Waals surface area (Å²) in [5.74, 6) is -4.40. The number of ether oxygens (including phenoxy) is 1. The van der Waals surface area contributed by atoms with Crippen molar-refractivity contribution in [1.29, 1.82) is 0 Å². The fourth-order valence-electron chi connectivity index (χ4n) is 7.45. The lowest BCUT2D eigenvalue weighted by atomic mass is 9.57. The molecule has 3 fully saturated rings. The molecule has 4 heterocycles. The molecule has 6 atom stereocenters. The number of phenols is 1. The molecule has 7 rings (SSSR count). The number of methoxy groups -OCH3 is 1. The van der Waals surface area contributed by atoms with Gasteiger partial charge in [0.2, 0.25) is 23.6 Å². The van der Waals surface area contributed by atoms with Crippen molar-refractivity contribution in [1.82, 2.24) is 9.80 Å². The lowest BCUT2D eigenvalue weighted by Gasteiger charge is -2.44. The minimum Gasteiger partial charge on any atom is -0.503 e. The smallest absolute Gasteiger partial charge is 0.234 e. The maximum Gasteiger partial charge on any atom is 0.234 e. The van der Waals surface area contributed by atoms with E-state index in [4.69, 9.17) is 16.3 Å². The van der Waals surface area contributed by atoms with Gasteiger partial charge in [-0.15, -0.1) is 22.7 Å². The van der Waals surface area contributed by atoms with Crippen LogP contribution in [0.3, 0.4) is 0 Å². The van der Waals surface area contributed by atoms with Crippen LogP contribution in [-0.4, -0.2) is 45.6 Å². The van der Waals surface area contributed by atoms with E-state index in [0.717, 1.165) is 15.3 Å². The number of halogens is 1. The number of benzene rings is 1. The molecule has 0 radical (unpaired) electrons. The van der Waals surface area contributed by atoms with Gasteiger partial charge in [-0.05, 0) is 59.3 Å². The van der Waals surface area contributed by atoms with Crippen LogP contribution in [0.2, 0.25) is 5.02 Å². The summed E-state index contributed by atoms with van der Waals surface area (Å²) < 4.78 is 5.39. The second-order valence-corrected chi connectivity index (χ2v) is 13.7. The molecule has 216 valence electrons. The van der Waals surface area contributed by atoms with Gasteiger partial charge in [0.1, 0.15) is 0 Å². The Labute approximate surface area is 255 Å². The number of hydrogen-bond donors (Lipinski definition) is 1. The Morgan fingerprint density at radius 1 is 0.881 bits per heavy atom. The fourth-order valence-corrected chi connectivity index (χ4v) is 9.06. The summed E-state index contributed by atoms with van der Waals surface area (Å²) in [7, 11) is 1.42. The molecule has 1 saturated carbocycles. The predicted octanol–water partition coefficient (Wildman–Crippen LogP) is 5.21. The monoisotopic (exact) mass is 622 g/mol. The zero-order chi connectivity index (χ0) is 29.3. The Balaban J connectivity index is 1.31. The number of carbonyl (C=O) groups is 4. The summed E-state index contributed by atoms with van der Waals surface area (Å²) in [5, 5.41) is 14.3. The molecule has 0 spiro atoms. The van der Waals surface area contributed by atoms with Gasteiger partial charge >= 0.3 is 0 Å². The van der Waals surface area contributed by atoms with Crippen molar-refractivity contribution in [2.24, 2.45) is 29.6 Å². The normalized spacial score (nSPS) is 28.6. The van der Waals surface area contributed by atoms with E-state index < -0.39 is 35.5 Å². The van der Waals surface area contributed by atoms with Crippen LogP contribution >= 0.6 is 34.3 Å². The molecule has 8 nitrogen and oxygen atoms in total. The van der Waals surface area contributed by atoms with Gasteiger partial charge in [-0.2, -0.15) is 0 Å². The molecule has 2 aromatic heterocycles. The van der Waals surface area contributed by atoms with Crippen molar-refractivity contribution < 1.29 is 29.0 Å². The Hall–Kier alpha value is -3.47. The number of fused-ring (bicyclic) bond motifs is 4. The van der Waals surface area contributed by atoms with Gasteiger partial charge < -0.3 is 9.84 Å². The summed E-state index contributed by atoms with van der Waals surface area (Å²) >= 11 is 9.41. The van der Waals surface area contributed by atoms with Gasteiger partial charge in [-0.25, -0.2) is 0 Å². The minimum absolute atomic E-state index is 0.0683.